The smallest absolute Gasteiger partial charge is 0.311 e. The van der Waals surface area contributed by atoms with Crippen molar-refractivity contribution in [3.8, 4) is 0 Å². The monoisotopic (exact) mass is 295 g/mol. The molecule has 6 heteroatoms. The fourth-order valence-electron chi connectivity index (χ4n) is 3.57. The molecule has 110 valence electrons. The van der Waals surface area contributed by atoms with Gasteiger partial charge in [0, 0.05) is 35.6 Å². The molecule has 2 atom stereocenters. The summed E-state index contributed by atoms with van der Waals surface area (Å²) in [7, 11) is 0. The summed E-state index contributed by atoms with van der Waals surface area (Å²) in [4.78, 5) is 14.1. The Bertz CT molecular complexity index is 479. The van der Waals surface area contributed by atoms with Crippen LogP contribution in [0.15, 0.2) is 12.1 Å². The van der Waals surface area contributed by atoms with Crippen molar-refractivity contribution >= 4 is 16.3 Å². The highest BCUT2D eigenvalue weighted by molar-refractivity contribution is 7.15. The van der Waals surface area contributed by atoms with Crippen LogP contribution < -0.4 is 5.32 Å². The van der Waals surface area contributed by atoms with Gasteiger partial charge in [0.15, 0.2) is 0 Å². The van der Waals surface area contributed by atoms with E-state index in [0.717, 1.165) is 18.0 Å². The average Bonchev–Trinajstić information content (AvgIpc) is 3.03. The molecule has 2 bridgehead atoms. The predicted octanol–water partition coefficient (Wildman–Crippen LogP) is 2.76. The first kappa shape index (κ1) is 14.0. The van der Waals surface area contributed by atoms with E-state index in [-0.39, 0.29) is 9.92 Å². The molecule has 0 radical (unpaired) electrons. The van der Waals surface area contributed by atoms with Gasteiger partial charge in [0.2, 0.25) is 0 Å². The van der Waals surface area contributed by atoms with Crippen LogP contribution in [0.2, 0.25) is 0 Å². The van der Waals surface area contributed by atoms with Crippen molar-refractivity contribution < 1.29 is 4.92 Å². The average molecular weight is 295 g/mol. The van der Waals surface area contributed by atoms with Crippen LogP contribution >= 0.6 is 11.3 Å². The van der Waals surface area contributed by atoms with Gasteiger partial charge in [-0.25, -0.2) is 0 Å². The Labute approximate surface area is 123 Å². The summed E-state index contributed by atoms with van der Waals surface area (Å²) in [5.74, 6) is 0. The van der Waals surface area contributed by atoms with Crippen LogP contribution in [0.4, 0.5) is 5.00 Å². The van der Waals surface area contributed by atoms with Gasteiger partial charge in [-0.2, -0.15) is 0 Å². The van der Waals surface area contributed by atoms with Crippen molar-refractivity contribution in [2.75, 3.05) is 6.54 Å². The summed E-state index contributed by atoms with van der Waals surface area (Å²) in [6, 6.07) is 5.53. The first-order valence-electron chi connectivity index (χ1n) is 7.39. The van der Waals surface area contributed by atoms with Crippen LogP contribution in [-0.2, 0) is 6.54 Å². The Kier molecular flexibility index (Phi) is 4.05. The molecule has 2 unspecified atom stereocenters. The van der Waals surface area contributed by atoms with Crippen molar-refractivity contribution in [1.29, 1.82) is 0 Å². The molecule has 0 aliphatic carbocycles. The fraction of sp³-hybridized carbons (Fsp3) is 0.714. The van der Waals surface area contributed by atoms with Crippen LogP contribution in [0, 0.1) is 10.1 Å². The fourth-order valence-corrected chi connectivity index (χ4v) is 4.42. The lowest BCUT2D eigenvalue weighted by Gasteiger charge is -2.37. The third-order valence-corrected chi connectivity index (χ3v) is 5.58. The van der Waals surface area contributed by atoms with E-state index >= 15 is 0 Å². The molecule has 20 heavy (non-hydrogen) atoms. The van der Waals surface area contributed by atoms with Gasteiger partial charge in [-0.1, -0.05) is 18.3 Å². The van der Waals surface area contributed by atoms with Crippen molar-refractivity contribution in [3.05, 3.63) is 27.1 Å². The van der Waals surface area contributed by atoms with Crippen molar-refractivity contribution in [2.45, 2.75) is 57.3 Å². The van der Waals surface area contributed by atoms with E-state index in [1.54, 1.807) is 6.07 Å². The maximum absolute atomic E-state index is 10.8. The molecule has 0 saturated carbocycles. The predicted molar refractivity (Wildman–Crippen MR) is 80.0 cm³/mol. The summed E-state index contributed by atoms with van der Waals surface area (Å²) in [5, 5.41) is 14.7. The van der Waals surface area contributed by atoms with Crippen LogP contribution in [0.1, 0.15) is 37.5 Å². The van der Waals surface area contributed by atoms with E-state index in [2.05, 4.69) is 17.1 Å². The van der Waals surface area contributed by atoms with E-state index in [9.17, 15) is 10.1 Å². The minimum absolute atomic E-state index is 0.251. The molecule has 2 aliphatic heterocycles. The molecule has 2 saturated heterocycles. The third-order valence-electron chi connectivity index (χ3n) is 4.56. The maximum atomic E-state index is 10.8. The number of hydrogen-bond acceptors (Lipinski definition) is 5. The molecule has 3 rings (SSSR count). The van der Waals surface area contributed by atoms with Gasteiger partial charge in [0.1, 0.15) is 0 Å². The normalized spacial score (nSPS) is 29.0. The van der Waals surface area contributed by atoms with Gasteiger partial charge < -0.3 is 5.32 Å². The highest BCUT2D eigenvalue weighted by Gasteiger charge is 2.35. The Morgan fingerprint density at radius 3 is 2.65 bits per heavy atom. The number of thiophene rings is 1. The lowest BCUT2D eigenvalue weighted by Crippen LogP contribution is -2.47. The van der Waals surface area contributed by atoms with Gasteiger partial charge >= 0.3 is 5.00 Å². The molecule has 2 fully saturated rings. The number of piperidine rings is 1. The summed E-state index contributed by atoms with van der Waals surface area (Å²) < 4.78 is 0. The van der Waals surface area contributed by atoms with E-state index < -0.39 is 0 Å². The second kappa shape index (κ2) is 5.79. The molecule has 1 N–H and O–H groups in total. The highest BCUT2D eigenvalue weighted by Crippen LogP contribution is 2.32. The van der Waals surface area contributed by atoms with Crippen molar-refractivity contribution in [2.24, 2.45) is 0 Å². The number of nitrogens with one attached hydrogen (secondary N) is 1. The van der Waals surface area contributed by atoms with Gasteiger partial charge in [-0.3, -0.25) is 15.0 Å². The van der Waals surface area contributed by atoms with Crippen molar-refractivity contribution in [1.82, 2.24) is 10.2 Å². The summed E-state index contributed by atoms with van der Waals surface area (Å²) in [5.41, 5.74) is 0. The third kappa shape index (κ3) is 2.87. The lowest BCUT2D eigenvalue weighted by molar-refractivity contribution is -0.380. The Morgan fingerprint density at radius 1 is 1.40 bits per heavy atom. The zero-order valence-electron chi connectivity index (χ0n) is 11.7. The molecule has 1 aromatic rings. The standard InChI is InChI=1S/C14H21N3O2S/c1-2-16(9-13-5-6-14(20-13)17(18)19)12-7-10-3-4-11(8-12)15-10/h5-6,10-12,15H,2-4,7-9H2,1H3. The largest absolute Gasteiger partial charge is 0.324 e. The number of fused-ring (bicyclic) bond motifs is 2. The number of hydrogen-bond donors (Lipinski definition) is 1. The first-order chi connectivity index (χ1) is 9.65. The van der Waals surface area contributed by atoms with Gasteiger partial charge in [0.25, 0.3) is 0 Å². The molecular weight excluding hydrogens is 274 g/mol. The van der Waals surface area contributed by atoms with E-state index in [1.165, 1.54) is 37.0 Å². The van der Waals surface area contributed by atoms with Crippen LogP contribution in [0.25, 0.3) is 0 Å². The Balaban J connectivity index is 1.65. The summed E-state index contributed by atoms with van der Waals surface area (Å²) >= 11 is 1.31. The number of nitro groups is 1. The molecule has 0 spiro atoms. The summed E-state index contributed by atoms with van der Waals surface area (Å²) in [6.45, 7) is 4.04. The molecule has 0 amide bonds. The molecule has 3 heterocycles. The number of nitrogens with zero attached hydrogens (tertiary/aromatic N) is 2. The SMILES string of the molecule is CCN(Cc1ccc([N+](=O)[O-])s1)C1CC2CCC(C1)N2. The van der Waals surface area contributed by atoms with Crippen LogP contribution in [0.5, 0.6) is 0 Å². The van der Waals surface area contributed by atoms with Gasteiger partial charge in [-0.05, 0) is 38.3 Å². The Hall–Kier alpha value is -0.980. The molecule has 1 aromatic heterocycles. The van der Waals surface area contributed by atoms with Gasteiger partial charge in [-0.15, -0.1) is 0 Å². The topological polar surface area (TPSA) is 58.4 Å². The molecular formula is C14H21N3O2S. The van der Waals surface area contributed by atoms with E-state index in [4.69, 9.17) is 0 Å². The quantitative estimate of drug-likeness (QED) is 0.670. The highest BCUT2D eigenvalue weighted by atomic mass is 32.1. The second-order valence-electron chi connectivity index (χ2n) is 5.82. The van der Waals surface area contributed by atoms with E-state index in [0.29, 0.717) is 18.1 Å². The zero-order chi connectivity index (χ0) is 14.1. The molecule has 5 nitrogen and oxygen atoms in total. The maximum Gasteiger partial charge on any atom is 0.324 e. The minimum atomic E-state index is -0.296. The van der Waals surface area contributed by atoms with Crippen LogP contribution in [0.3, 0.4) is 0 Å². The van der Waals surface area contributed by atoms with Crippen molar-refractivity contribution in [3.63, 3.8) is 0 Å². The second-order valence-corrected chi connectivity index (χ2v) is 6.97. The summed E-state index contributed by atoms with van der Waals surface area (Å²) in [6.07, 6.45) is 5.06. The molecule has 0 aromatic carbocycles. The van der Waals surface area contributed by atoms with E-state index in [1.807, 2.05) is 6.07 Å². The van der Waals surface area contributed by atoms with Gasteiger partial charge in [0.05, 0.1) is 4.92 Å². The Morgan fingerprint density at radius 2 is 2.10 bits per heavy atom. The number of rotatable bonds is 5. The first-order valence-corrected chi connectivity index (χ1v) is 8.20. The zero-order valence-corrected chi connectivity index (χ0v) is 12.6. The lowest BCUT2D eigenvalue weighted by atomic mass is 9.98. The molecule has 2 aliphatic rings. The van der Waals surface area contributed by atoms with Crippen LogP contribution in [-0.4, -0.2) is 34.5 Å². The minimum Gasteiger partial charge on any atom is -0.311 e.